The highest BCUT2D eigenvalue weighted by molar-refractivity contribution is 6.74. The van der Waals surface area contributed by atoms with Crippen molar-refractivity contribution in [1.82, 2.24) is 4.90 Å². The Morgan fingerprint density at radius 3 is 2.37 bits per heavy atom. The summed E-state index contributed by atoms with van der Waals surface area (Å²) in [6.07, 6.45) is -0.609. The summed E-state index contributed by atoms with van der Waals surface area (Å²) >= 11 is 6.50. The van der Waals surface area contributed by atoms with Crippen LogP contribution in [0.4, 0.5) is 14.9 Å². The molecule has 0 spiro atoms. The number of amides is 2. The van der Waals surface area contributed by atoms with Crippen LogP contribution < -0.4 is 14.4 Å². The van der Waals surface area contributed by atoms with Gasteiger partial charge in [0.2, 0.25) is 5.91 Å². The molecule has 2 amide bonds. The van der Waals surface area contributed by atoms with Gasteiger partial charge in [-0.05, 0) is 69.4 Å². The zero-order valence-corrected chi connectivity index (χ0v) is 30.2. The molecule has 2 atom stereocenters. The molecule has 2 aliphatic heterocycles. The van der Waals surface area contributed by atoms with Gasteiger partial charge in [-0.2, -0.15) is 0 Å². The van der Waals surface area contributed by atoms with Gasteiger partial charge < -0.3 is 33.5 Å². The Balaban J connectivity index is 1.63. The summed E-state index contributed by atoms with van der Waals surface area (Å²) in [6, 6.07) is 8.48. The smallest absolute Gasteiger partial charge is 0.410 e. The Morgan fingerprint density at radius 2 is 1.78 bits per heavy atom. The van der Waals surface area contributed by atoms with E-state index in [1.54, 1.807) is 44.9 Å². The number of carbonyl (C=O) groups is 2. The first-order valence-corrected chi connectivity index (χ1v) is 19.0. The second-order valence-corrected chi connectivity index (χ2v) is 19.9. The first-order chi connectivity index (χ1) is 21.2. The Labute approximate surface area is 278 Å². The Morgan fingerprint density at radius 1 is 1.13 bits per heavy atom. The average molecular weight is 679 g/mol. The van der Waals surface area contributed by atoms with E-state index in [9.17, 15) is 14.7 Å². The number of methoxy groups -OCH3 is 1. The third-order valence-electron chi connectivity index (χ3n) is 9.09. The molecule has 254 valence electrons. The molecule has 0 saturated carbocycles. The van der Waals surface area contributed by atoms with Gasteiger partial charge in [0.05, 0.1) is 32.0 Å². The number of carbonyl (C=O) groups excluding carboxylic acids is 2. The molecule has 1 fully saturated rings. The number of anilines is 1. The fourth-order valence-electron chi connectivity index (χ4n) is 5.34. The van der Waals surface area contributed by atoms with E-state index in [0.717, 1.165) is 5.56 Å². The number of ether oxygens (including phenoxy) is 3. The van der Waals surface area contributed by atoms with E-state index in [0.29, 0.717) is 17.7 Å². The molecule has 1 N–H and O–H groups in total. The van der Waals surface area contributed by atoms with Gasteiger partial charge in [-0.1, -0.05) is 44.5 Å². The number of rotatable bonds is 8. The lowest BCUT2D eigenvalue weighted by Gasteiger charge is -2.49. The van der Waals surface area contributed by atoms with E-state index in [1.807, 2.05) is 12.1 Å². The summed E-state index contributed by atoms with van der Waals surface area (Å²) in [5, 5.41) is 11.8. The summed E-state index contributed by atoms with van der Waals surface area (Å²) in [4.78, 5) is 29.2. The standard InChI is InChI=1S/C34H48ClFN2O7Si/c1-32(2,3)44-31(40)37-17-16-34(41,27(20-37)45-46(8,9)33(4,5)6)21-43-26-18-25(36)29(35)30-24(26)14-15-28(39)38(30)19-22-10-12-23(42-7)13-11-22/h10-13,18,27,41H,14-17,19-21H2,1-9H3/t27-,34-/m1/s1. The minimum Gasteiger partial charge on any atom is -0.497 e. The minimum atomic E-state index is -2.42. The topological polar surface area (TPSA) is 97.8 Å². The van der Waals surface area contributed by atoms with Crippen LogP contribution in [0, 0.1) is 5.82 Å². The normalized spacial score (nSPS) is 20.8. The number of nitrogens with zero attached hydrogens (tertiary/aromatic N) is 2. The highest BCUT2D eigenvalue weighted by Crippen LogP contribution is 2.44. The summed E-state index contributed by atoms with van der Waals surface area (Å²) in [5.41, 5.74) is -0.490. The van der Waals surface area contributed by atoms with E-state index < -0.39 is 37.5 Å². The molecule has 1 saturated heterocycles. The van der Waals surface area contributed by atoms with Crippen molar-refractivity contribution >= 4 is 37.6 Å². The Bertz CT molecular complexity index is 1440. The number of likely N-dealkylation sites (tertiary alicyclic amines) is 1. The van der Waals surface area contributed by atoms with Crippen molar-refractivity contribution < 1.29 is 37.7 Å². The fraction of sp³-hybridized carbons (Fsp3) is 0.588. The molecule has 0 unspecified atom stereocenters. The van der Waals surface area contributed by atoms with Crippen LogP contribution in [0.15, 0.2) is 30.3 Å². The van der Waals surface area contributed by atoms with E-state index >= 15 is 4.39 Å². The molecule has 46 heavy (non-hydrogen) atoms. The van der Waals surface area contributed by atoms with Crippen LogP contribution in [-0.4, -0.2) is 74.4 Å². The summed E-state index contributed by atoms with van der Waals surface area (Å²) < 4.78 is 39.2. The number of aliphatic hydroxyl groups is 1. The lowest BCUT2D eigenvalue weighted by molar-refractivity contribution is -0.129. The number of hydrogen-bond acceptors (Lipinski definition) is 7. The second-order valence-electron chi connectivity index (χ2n) is 14.8. The average Bonchev–Trinajstić information content (AvgIpc) is 2.95. The monoisotopic (exact) mass is 678 g/mol. The molecule has 12 heteroatoms. The first kappa shape index (κ1) is 36.0. The van der Waals surface area contributed by atoms with Crippen molar-refractivity contribution in [2.45, 2.75) is 103 Å². The first-order valence-electron chi connectivity index (χ1n) is 15.7. The zero-order valence-electron chi connectivity index (χ0n) is 28.5. The number of benzene rings is 2. The highest BCUT2D eigenvalue weighted by atomic mass is 35.5. The van der Waals surface area contributed by atoms with Crippen LogP contribution in [0.3, 0.4) is 0 Å². The molecule has 2 aromatic rings. The molecular formula is C34H48ClFN2O7Si. The van der Waals surface area contributed by atoms with Crippen molar-refractivity contribution in [1.29, 1.82) is 0 Å². The van der Waals surface area contributed by atoms with Crippen LogP contribution in [-0.2, 0) is 26.9 Å². The van der Waals surface area contributed by atoms with Gasteiger partial charge in [-0.15, -0.1) is 0 Å². The van der Waals surface area contributed by atoms with Crippen LogP contribution in [0.25, 0.3) is 0 Å². The van der Waals surface area contributed by atoms with Crippen molar-refractivity contribution in [3.8, 4) is 11.5 Å². The maximum absolute atomic E-state index is 15.4. The molecule has 0 aromatic heterocycles. The quantitative estimate of drug-likeness (QED) is 0.297. The molecule has 2 aromatic carbocycles. The van der Waals surface area contributed by atoms with Gasteiger partial charge in [0.15, 0.2) is 8.32 Å². The predicted octanol–water partition coefficient (Wildman–Crippen LogP) is 7.11. The van der Waals surface area contributed by atoms with Crippen molar-refractivity contribution in [2.75, 3.05) is 31.7 Å². The van der Waals surface area contributed by atoms with Crippen LogP contribution in [0.5, 0.6) is 11.5 Å². The minimum absolute atomic E-state index is 0.110. The van der Waals surface area contributed by atoms with Crippen LogP contribution in [0.1, 0.15) is 65.5 Å². The third-order valence-corrected chi connectivity index (χ3v) is 13.9. The number of hydrogen-bond donors (Lipinski definition) is 1. The fourth-order valence-corrected chi connectivity index (χ4v) is 6.97. The van der Waals surface area contributed by atoms with Crippen LogP contribution in [0.2, 0.25) is 23.2 Å². The molecule has 9 nitrogen and oxygen atoms in total. The van der Waals surface area contributed by atoms with Gasteiger partial charge in [-0.3, -0.25) is 4.79 Å². The summed E-state index contributed by atoms with van der Waals surface area (Å²) in [5.74, 6) is -0.0267. The molecule has 4 rings (SSSR count). The SMILES string of the molecule is COc1ccc(CN2C(=O)CCc3c(OC[C@]4(O)CCN(C(=O)OC(C)(C)C)C[C@H]4O[Si](C)(C)C(C)(C)C)cc(F)c(Cl)c32)cc1. The molecule has 0 bridgehead atoms. The van der Waals surface area contributed by atoms with E-state index in [-0.39, 0.29) is 66.5 Å². The van der Waals surface area contributed by atoms with E-state index in [2.05, 4.69) is 33.9 Å². The van der Waals surface area contributed by atoms with Crippen LogP contribution >= 0.6 is 11.6 Å². The molecular weight excluding hydrogens is 631 g/mol. The van der Waals surface area contributed by atoms with Gasteiger partial charge in [0, 0.05) is 24.6 Å². The largest absolute Gasteiger partial charge is 0.497 e. The maximum atomic E-state index is 15.4. The zero-order chi connectivity index (χ0) is 34.2. The second kappa shape index (κ2) is 13.3. The van der Waals surface area contributed by atoms with Gasteiger partial charge in [-0.25, -0.2) is 9.18 Å². The number of halogens is 2. The van der Waals surface area contributed by atoms with Gasteiger partial charge in [0.1, 0.15) is 40.1 Å². The molecule has 0 radical (unpaired) electrons. The Hall–Kier alpha value is -2.86. The summed E-state index contributed by atoms with van der Waals surface area (Å²) in [6.45, 7) is 16.2. The van der Waals surface area contributed by atoms with Crippen molar-refractivity contribution in [3.05, 3.63) is 52.3 Å². The maximum Gasteiger partial charge on any atom is 0.410 e. The lowest BCUT2D eigenvalue weighted by Crippen LogP contribution is -2.63. The molecule has 0 aliphatic carbocycles. The third kappa shape index (κ3) is 7.98. The van der Waals surface area contributed by atoms with Gasteiger partial charge in [0.25, 0.3) is 0 Å². The number of piperidine rings is 1. The summed E-state index contributed by atoms with van der Waals surface area (Å²) in [7, 11) is -0.849. The van der Waals surface area contributed by atoms with Crippen molar-refractivity contribution in [2.24, 2.45) is 0 Å². The lowest BCUT2D eigenvalue weighted by atomic mass is 9.89. The predicted molar refractivity (Wildman–Crippen MR) is 179 cm³/mol. The van der Waals surface area contributed by atoms with E-state index in [1.165, 1.54) is 11.0 Å². The van der Waals surface area contributed by atoms with Crippen molar-refractivity contribution in [3.63, 3.8) is 0 Å². The van der Waals surface area contributed by atoms with E-state index in [4.69, 9.17) is 30.2 Å². The number of fused-ring (bicyclic) bond motifs is 1. The van der Waals surface area contributed by atoms with Gasteiger partial charge >= 0.3 is 6.09 Å². The molecule has 2 aliphatic rings. The highest BCUT2D eigenvalue weighted by Gasteiger charge is 2.50. The Kier molecular flexibility index (Phi) is 10.4. The molecule has 2 heterocycles.